The van der Waals surface area contributed by atoms with E-state index in [1.165, 1.54) is 16.9 Å². The number of carbonyl (C=O) groups excluding carboxylic acids is 1. The van der Waals surface area contributed by atoms with Crippen LogP contribution in [0.5, 0.6) is 0 Å². The summed E-state index contributed by atoms with van der Waals surface area (Å²) in [4.78, 5) is 21.3. The molecule has 0 saturated carbocycles. The van der Waals surface area contributed by atoms with Crippen LogP contribution in [0.15, 0.2) is 10.6 Å². The molecule has 1 aliphatic heterocycles. The Bertz CT molecular complexity index is 685. The summed E-state index contributed by atoms with van der Waals surface area (Å²) in [6.07, 6.45) is 5.49. The molecule has 0 aromatic carbocycles. The van der Waals surface area contributed by atoms with E-state index in [-0.39, 0.29) is 11.8 Å². The van der Waals surface area contributed by atoms with Crippen molar-refractivity contribution in [3.8, 4) is 0 Å². The maximum Gasteiger partial charge on any atom is 0.263 e. The van der Waals surface area contributed by atoms with Crippen LogP contribution in [0.3, 0.4) is 0 Å². The van der Waals surface area contributed by atoms with Crippen LogP contribution < -0.4 is 0 Å². The molecule has 0 bridgehead atoms. The van der Waals surface area contributed by atoms with E-state index < -0.39 is 0 Å². The summed E-state index contributed by atoms with van der Waals surface area (Å²) < 4.78 is 5.29. The van der Waals surface area contributed by atoms with E-state index in [4.69, 9.17) is 4.52 Å². The third-order valence-electron chi connectivity index (χ3n) is 4.56. The first kappa shape index (κ1) is 13.9. The molecule has 2 aromatic heterocycles. The van der Waals surface area contributed by atoms with Gasteiger partial charge in [-0.25, -0.2) is 0 Å². The van der Waals surface area contributed by atoms with Crippen LogP contribution in [0.4, 0.5) is 0 Å². The smallest absolute Gasteiger partial charge is 0.263 e. The van der Waals surface area contributed by atoms with Gasteiger partial charge in [0.15, 0.2) is 5.82 Å². The number of nitrogens with zero attached hydrogens (tertiary/aromatic N) is 3. The van der Waals surface area contributed by atoms with Crippen LogP contribution in [0.25, 0.3) is 0 Å². The molecule has 1 aliphatic carbocycles. The second-order valence-corrected chi connectivity index (χ2v) is 7.32. The predicted octanol–water partition coefficient (Wildman–Crippen LogP) is 2.95. The lowest BCUT2D eigenvalue weighted by molar-refractivity contribution is 0.0700. The summed E-state index contributed by atoms with van der Waals surface area (Å²) in [5.41, 5.74) is 1.38. The monoisotopic (exact) mass is 317 g/mol. The molecule has 6 heteroatoms. The topological polar surface area (TPSA) is 59.2 Å². The molecule has 5 nitrogen and oxygen atoms in total. The quantitative estimate of drug-likeness (QED) is 0.854. The molecule has 1 fully saturated rings. The Morgan fingerprint density at radius 1 is 1.41 bits per heavy atom. The molecule has 1 saturated heterocycles. The van der Waals surface area contributed by atoms with Crippen molar-refractivity contribution in [2.24, 2.45) is 0 Å². The van der Waals surface area contributed by atoms with Gasteiger partial charge < -0.3 is 9.42 Å². The molecule has 0 N–H and O–H groups in total. The number of thiophene rings is 1. The van der Waals surface area contributed by atoms with Crippen LogP contribution in [-0.4, -0.2) is 34.0 Å². The second-order valence-electron chi connectivity index (χ2n) is 6.18. The Hall–Kier alpha value is -1.69. The third-order valence-corrected chi connectivity index (χ3v) is 5.78. The number of fused-ring (bicyclic) bond motifs is 1. The molecular formula is C16H19N3O2S. The summed E-state index contributed by atoms with van der Waals surface area (Å²) in [5, 5.41) is 3.87. The molecule has 116 valence electrons. The van der Waals surface area contributed by atoms with Gasteiger partial charge in [0, 0.05) is 18.0 Å². The van der Waals surface area contributed by atoms with E-state index in [2.05, 4.69) is 16.2 Å². The number of hydrogen-bond acceptors (Lipinski definition) is 5. The number of carbonyl (C=O) groups is 1. The Balaban J connectivity index is 1.50. The lowest BCUT2D eigenvalue weighted by atomic mass is 9.98. The minimum Gasteiger partial charge on any atom is -0.339 e. The molecule has 22 heavy (non-hydrogen) atoms. The average molecular weight is 317 g/mol. The highest BCUT2D eigenvalue weighted by Crippen LogP contribution is 2.33. The zero-order valence-corrected chi connectivity index (χ0v) is 13.5. The normalized spacial score (nSPS) is 21.1. The number of likely N-dealkylation sites (tertiary alicyclic amines) is 1. The first-order chi connectivity index (χ1) is 10.7. The van der Waals surface area contributed by atoms with Crippen molar-refractivity contribution in [2.75, 3.05) is 13.1 Å². The van der Waals surface area contributed by atoms with Crippen molar-refractivity contribution in [2.45, 2.75) is 44.9 Å². The third kappa shape index (κ3) is 2.45. The number of piperidine rings is 1. The van der Waals surface area contributed by atoms with E-state index in [0.29, 0.717) is 18.3 Å². The van der Waals surface area contributed by atoms with E-state index in [9.17, 15) is 4.79 Å². The summed E-state index contributed by atoms with van der Waals surface area (Å²) in [7, 11) is 0. The highest BCUT2D eigenvalue weighted by Gasteiger charge is 2.30. The fraction of sp³-hybridized carbons (Fsp3) is 0.562. The Morgan fingerprint density at radius 3 is 3.09 bits per heavy atom. The van der Waals surface area contributed by atoms with Crippen molar-refractivity contribution in [3.05, 3.63) is 33.1 Å². The van der Waals surface area contributed by atoms with Gasteiger partial charge in [-0.2, -0.15) is 4.98 Å². The summed E-state index contributed by atoms with van der Waals surface area (Å²) >= 11 is 1.68. The second kappa shape index (κ2) is 5.50. The highest BCUT2D eigenvalue weighted by molar-refractivity contribution is 7.14. The van der Waals surface area contributed by atoms with Gasteiger partial charge in [0.05, 0.1) is 10.8 Å². The van der Waals surface area contributed by atoms with Crippen molar-refractivity contribution in [1.82, 2.24) is 15.0 Å². The number of rotatable bonds is 2. The number of hydrogen-bond donors (Lipinski definition) is 0. The first-order valence-corrected chi connectivity index (χ1v) is 8.73. The van der Waals surface area contributed by atoms with Crippen LogP contribution in [0, 0.1) is 6.92 Å². The fourth-order valence-corrected chi connectivity index (χ4v) is 4.65. The van der Waals surface area contributed by atoms with Gasteiger partial charge in [-0.1, -0.05) is 5.16 Å². The van der Waals surface area contributed by atoms with Gasteiger partial charge in [-0.3, -0.25) is 4.79 Å². The molecule has 3 heterocycles. The Morgan fingerprint density at radius 2 is 2.32 bits per heavy atom. The summed E-state index contributed by atoms with van der Waals surface area (Å²) in [5.74, 6) is 1.67. The van der Waals surface area contributed by atoms with Gasteiger partial charge in [0.2, 0.25) is 5.89 Å². The van der Waals surface area contributed by atoms with E-state index in [0.717, 1.165) is 37.1 Å². The largest absolute Gasteiger partial charge is 0.339 e. The van der Waals surface area contributed by atoms with Crippen LogP contribution in [-0.2, 0) is 12.8 Å². The maximum absolute atomic E-state index is 12.8. The standard InChI is InChI=1S/C16H19N3O2S/c1-10-17-15(21-18-10)12-5-3-7-19(9-12)16(20)14-8-11-4-2-6-13(11)22-14/h8,12H,2-7,9H2,1H3/t12-/m0/s1. The molecule has 2 aromatic rings. The van der Waals surface area contributed by atoms with E-state index in [1.54, 1.807) is 11.3 Å². The lowest BCUT2D eigenvalue weighted by Crippen LogP contribution is -2.38. The summed E-state index contributed by atoms with van der Waals surface area (Å²) in [6, 6.07) is 2.11. The number of amides is 1. The molecule has 0 unspecified atom stereocenters. The zero-order valence-electron chi connectivity index (χ0n) is 12.7. The van der Waals surface area contributed by atoms with Crippen LogP contribution >= 0.6 is 11.3 Å². The lowest BCUT2D eigenvalue weighted by Gasteiger charge is -2.30. The molecular weight excluding hydrogens is 298 g/mol. The van der Waals surface area contributed by atoms with Gasteiger partial charge >= 0.3 is 0 Å². The predicted molar refractivity (Wildman–Crippen MR) is 83.3 cm³/mol. The Labute approximate surface area is 133 Å². The van der Waals surface area contributed by atoms with Gasteiger partial charge in [0.1, 0.15) is 0 Å². The van der Waals surface area contributed by atoms with Gasteiger partial charge in [-0.15, -0.1) is 11.3 Å². The molecule has 4 rings (SSSR count). The first-order valence-electron chi connectivity index (χ1n) is 7.92. The highest BCUT2D eigenvalue weighted by atomic mass is 32.1. The van der Waals surface area contributed by atoms with Crippen LogP contribution in [0.2, 0.25) is 0 Å². The van der Waals surface area contributed by atoms with Crippen molar-refractivity contribution in [3.63, 3.8) is 0 Å². The molecule has 2 aliphatic rings. The minimum atomic E-state index is 0.167. The number of aryl methyl sites for hydroxylation is 3. The molecule has 0 radical (unpaired) electrons. The van der Waals surface area contributed by atoms with Gasteiger partial charge in [-0.05, 0) is 50.7 Å². The van der Waals surface area contributed by atoms with Crippen molar-refractivity contribution < 1.29 is 9.32 Å². The number of aromatic nitrogens is 2. The van der Waals surface area contributed by atoms with E-state index in [1.807, 2.05) is 11.8 Å². The van der Waals surface area contributed by atoms with Crippen molar-refractivity contribution in [1.29, 1.82) is 0 Å². The molecule has 1 amide bonds. The van der Waals surface area contributed by atoms with E-state index >= 15 is 0 Å². The SMILES string of the molecule is Cc1noc([C@H]2CCCN(C(=O)c3cc4c(s3)CCC4)C2)n1. The minimum absolute atomic E-state index is 0.167. The van der Waals surface area contributed by atoms with Gasteiger partial charge in [0.25, 0.3) is 5.91 Å². The molecule has 1 atom stereocenters. The summed E-state index contributed by atoms with van der Waals surface area (Å²) in [6.45, 7) is 3.33. The Kier molecular flexibility index (Phi) is 3.48. The average Bonchev–Trinajstić information content (AvgIpc) is 3.21. The van der Waals surface area contributed by atoms with Crippen LogP contribution in [0.1, 0.15) is 57.0 Å². The fourth-order valence-electron chi connectivity index (χ4n) is 3.43. The molecule has 0 spiro atoms. The zero-order chi connectivity index (χ0) is 15.1. The maximum atomic E-state index is 12.8. The van der Waals surface area contributed by atoms with Crippen molar-refractivity contribution >= 4 is 17.2 Å².